The van der Waals surface area contributed by atoms with Crippen LogP contribution in [0.4, 0.5) is 0 Å². The average Bonchev–Trinajstić information content (AvgIpc) is 2.70. The predicted octanol–water partition coefficient (Wildman–Crippen LogP) is 1.93. The summed E-state index contributed by atoms with van der Waals surface area (Å²) in [6.45, 7) is 0. The molecule has 0 saturated heterocycles. The van der Waals surface area contributed by atoms with Gasteiger partial charge in [-0.15, -0.1) is 10.2 Å². The molecule has 2 heterocycles. The fourth-order valence-electron chi connectivity index (χ4n) is 1.15. The Morgan fingerprint density at radius 2 is 2.00 bits per heavy atom. The van der Waals surface area contributed by atoms with Crippen molar-refractivity contribution in [2.75, 3.05) is 7.11 Å². The van der Waals surface area contributed by atoms with E-state index in [0.717, 1.165) is 0 Å². The lowest BCUT2D eigenvalue weighted by atomic mass is 10.5. The molecule has 0 radical (unpaired) electrons. The standard InChI is InChI=1S/C9H8ClN3O/c1-14-7-6-8(10)11-12-9(7)13-4-2-3-5-13/h2-6H,1H3. The van der Waals surface area contributed by atoms with Gasteiger partial charge in [-0.2, -0.15) is 0 Å². The minimum atomic E-state index is 0.317. The van der Waals surface area contributed by atoms with Crippen LogP contribution in [-0.4, -0.2) is 21.9 Å². The Balaban J connectivity index is 2.53. The van der Waals surface area contributed by atoms with Crippen molar-refractivity contribution >= 4 is 11.6 Å². The highest BCUT2D eigenvalue weighted by Gasteiger charge is 2.07. The third-order valence-electron chi connectivity index (χ3n) is 1.78. The van der Waals surface area contributed by atoms with Crippen LogP contribution in [0.25, 0.3) is 5.82 Å². The van der Waals surface area contributed by atoms with Gasteiger partial charge in [-0.3, -0.25) is 0 Å². The van der Waals surface area contributed by atoms with Crippen LogP contribution in [-0.2, 0) is 0 Å². The Morgan fingerprint density at radius 3 is 2.64 bits per heavy atom. The molecule has 0 atom stereocenters. The number of methoxy groups -OCH3 is 1. The minimum absolute atomic E-state index is 0.317. The van der Waals surface area contributed by atoms with E-state index in [1.54, 1.807) is 13.2 Å². The molecule has 0 spiro atoms. The van der Waals surface area contributed by atoms with Gasteiger partial charge in [-0.05, 0) is 12.1 Å². The van der Waals surface area contributed by atoms with Crippen molar-refractivity contribution in [3.63, 3.8) is 0 Å². The highest BCUT2D eigenvalue weighted by atomic mass is 35.5. The first-order valence-electron chi connectivity index (χ1n) is 4.02. The van der Waals surface area contributed by atoms with E-state index in [1.807, 2.05) is 29.1 Å². The van der Waals surface area contributed by atoms with Crippen molar-refractivity contribution < 1.29 is 4.74 Å². The zero-order valence-electron chi connectivity index (χ0n) is 7.51. The molecule has 0 unspecified atom stereocenters. The van der Waals surface area contributed by atoms with Gasteiger partial charge in [0.15, 0.2) is 10.9 Å². The van der Waals surface area contributed by atoms with Crippen molar-refractivity contribution in [1.29, 1.82) is 0 Å². The van der Waals surface area contributed by atoms with Gasteiger partial charge in [-0.1, -0.05) is 11.6 Å². The highest BCUT2D eigenvalue weighted by molar-refractivity contribution is 6.29. The smallest absolute Gasteiger partial charge is 0.201 e. The summed E-state index contributed by atoms with van der Waals surface area (Å²) in [4.78, 5) is 0. The van der Waals surface area contributed by atoms with Gasteiger partial charge in [-0.25, -0.2) is 0 Å². The third kappa shape index (κ3) is 1.56. The Bertz CT molecular complexity index is 428. The van der Waals surface area contributed by atoms with Crippen LogP contribution in [0, 0.1) is 0 Å². The Morgan fingerprint density at radius 1 is 1.29 bits per heavy atom. The summed E-state index contributed by atoms with van der Waals surface area (Å²) in [6, 6.07) is 5.43. The summed E-state index contributed by atoms with van der Waals surface area (Å²) < 4.78 is 6.95. The van der Waals surface area contributed by atoms with Gasteiger partial charge in [0, 0.05) is 18.5 Å². The maximum atomic E-state index is 5.69. The van der Waals surface area contributed by atoms with E-state index < -0.39 is 0 Å². The summed E-state index contributed by atoms with van der Waals surface area (Å²) in [5, 5.41) is 8.02. The number of ether oxygens (including phenoxy) is 1. The first-order chi connectivity index (χ1) is 6.81. The molecule has 2 aromatic rings. The van der Waals surface area contributed by atoms with Crippen LogP contribution < -0.4 is 4.74 Å². The molecule has 4 nitrogen and oxygen atoms in total. The molecule has 2 aromatic heterocycles. The number of nitrogens with zero attached hydrogens (tertiary/aromatic N) is 3. The lowest BCUT2D eigenvalue weighted by Crippen LogP contribution is -2.00. The van der Waals surface area contributed by atoms with Crippen LogP contribution in [0.1, 0.15) is 0 Å². The number of hydrogen-bond donors (Lipinski definition) is 0. The number of halogens is 1. The largest absolute Gasteiger partial charge is 0.493 e. The first-order valence-corrected chi connectivity index (χ1v) is 4.39. The Kier molecular flexibility index (Phi) is 2.37. The summed E-state index contributed by atoms with van der Waals surface area (Å²) >= 11 is 5.69. The lowest BCUT2D eigenvalue weighted by Gasteiger charge is -2.06. The molecule has 0 aromatic carbocycles. The van der Waals surface area contributed by atoms with Gasteiger partial charge in [0.05, 0.1) is 7.11 Å². The van der Waals surface area contributed by atoms with Crippen molar-refractivity contribution in [3.8, 4) is 11.6 Å². The second-order valence-electron chi connectivity index (χ2n) is 2.65. The molecule has 0 saturated carbocycles. The van der Waals surface area contributed by atoms with Crippen molar-refractivity contribution in [1.82, 2.24) is 14.8 Å². The zero-order chi connectivity index (χ0) is 9.97. The molecule has 2 rings (SSSR count). The Hall–Kier alpha value is -1.55. The highest BCUT2D eigenvalue weighted by Crippen LogP contribution is 2.21. The molecular formula is C9H8ClN3O. The van der Waals surface area contributed by atoms with E-state index in [0.29, 0.717) is 16.7 Å². The fraction of sp³-hybridized carbons (Fsp3) is 0.111. The van der Waals surface area contributed by atoms with Crippen molar-refractivity contribution in [2.24, 2.45) is 0 Å². The second kappa shape index (κ2) is 3.67. The van der Waals surface area contributed by atoms with Crippen LogP contribution in [0.3, 0.4) is 0 Å². The third-order valence-corrected chi connectivity index (χ3v) is 1.96. The molecule has 0 amide bonds. The molecule has 0 fully saturated rings. The van der Waals surface area contributed by atoms with E-state index in [1.165, 1.54) is 0 Å². The molecule has 5 heteroatoms. The topological polar surface area (TPSA) is 39.9 Å². The second-order valence-corrected chi connectivity index (χ2v) is 3.04. The van der Waals surface area contributed by atoms with Gasteiger partial charge in [0.2, 0.25) is 5.82 Å². The van der Waals surface area contributed by atoms with E-state index in [-0.39, 0.29) is 0 Å². The number of hydrogen-bond acceptors (Lipinski definition) is 3. The van der Waals surface area contributed by atoms with E-state index in [2.05, 4.69) is 10.2 Å². The number of rotatable bonds is 2. The predicted molar refractivity (Wildman–Crippen MR) is 52.9 cm³/mol. The molecule has 0 aliphatic heterocycles. The summed E-state index contributed by atoms with van der Waals surface area (Å²) in [7, 11) is 1.57. The zero-order valence-corrected chi connectivity index (χ0v) is 8.27. The quantitative estimate of drug-likeness (QED) is 0.759. The molecule has 0 bridgehead atoms. The maximum absolute atomic E-state index is 5.69. The molecule has 0 N–H and O–H groups in total. The monoisotopic (exact) mass is 209 g/mol. The normalized spacial score (nSPS) is 10.1. The minimum Gasteiger partial charge on any atom is -0.493 e. The van der Waals surface area contributed by atoms with Gasteiger partial charge in [0.25, 0.3) is 0 Å². The maximum Gasteiger partial charge on any atom is 0.201 e. The van der Waals surface area contributed by atoms with Crippen LogP contribution >= 0.6 is 11.6 Å². The van der Waals surface area contributed by atoms with Crippen LogP contribution in [0.15, 0.2) is 30.6 Å². The Labute approximate surface area is 86.1 Å². The fourth-order valence-corrected chi connectivity index (χ4v) is 1.29. The molecule has 0 aliphatic carbocycles. The SMILES string of the molecule is COc1cc(Cl)nnc1-n1cccc1. The van der Waals surface area contributed by atoms with E-state index in [4.69, 9.17) is 16.3 Å². The van der Waals surface area contributed by atoms with Crippen molar-refractivity contribution in [2.45, 2.75) is 0 Å². The van der Waals surface area contributed by atoms with Gasteiger partial charge in [0.1, 0.15) is 0 Å². The van der Waals surface area contributed by atoms with E-state index in [9.17, 15) is 0 Å². The summed E-state index contributed by atoms with van der Waals surface area (Å²) in [6.07, 6.45) is 3.72. The van der Waals surface area contributed by atoms with Gasteiger partial charge < -0.3 is 9.30 Å². The summed E-state index contributed by atoms with van der Waals surface area (Å²) in [5.41, 5.74) is 0. The first kappa shape index (κ1) is 9.02. The van der Waals surface area contributed by atoms with Gasteiger partial charge >= 0.3 is 0 Å². The average molecular weight is 210 g/mol. The number of aromatic nitrogens is 3. The van der Waals surface area contributed by atoms with Crippen LogP contribution in [0.5, 0.6) is 5.75 Å². The van der Waals surface area contributed by atoms with E-state index >= 15 is 0 Å². The summed E-state index contributed by atoms with van der Waals surface area (Å²) in [5.74, 6) is 1.23. The molecule has 0 aliphatic rings. The molecule has 14 heavy (non-hydrogen) atoms. The molecular weight excluding hydrogens is 202 g/mol. The van der Waals surface area contributed by atoms with Crippen molar-refractivity contribution in [3.05, 3.63) is 35.7 Å². The van der Waals surface area contributed by atoms with Crippen LogP contribution in [0.2, 0.25) is 5.15 Å². The lowest BCUT2D eigenvalue weighted by molar-refractivity contribution is 0.409. The molecule has 72 valence electrons.